The smallest absolute Gasteiger partial charge is 0.254 e. The molecular weight excluding hydrogens is 386 g/mol. The van der Waals surface area contributed by atoms with Crippen molar-refractivity contribution in [2.75, 3.05) is 6.54 Å². The molecule has 0 radical (unpaired) electrons. The molecule has 0 unspecified atom stereocenters. The van der Waals surface area contributed by atoms with Gasteiger partial charge in [-0.15, -0.1) is 6.58 Å². The molecule has 0 fully saturated rings. The predicted octanol–water partition coefficient (Wildman–Crippen LogP) is 5.54. The number of amides is 1. The van der Waals surface area contributed by atoms with E-state index in [-0.39, 0.29) is 12.5 Å². The Morgan fingerprint density at radius 1 is 0.968 bits per heavy atom. The SMILES string of the molecule is C=CCN(Cc1nc(-c2cccc(C)c2)no1)C(=O)c1ccc(-c2ccccc2)cc1. The van der Waals surface area contributed by atoms with Crippen LogP contribution in [0.3, 0.4) is 0 Å². The van der Waals surface area contributed by atoms with Gasteiger partial charge in [0.05, 0.1) is 0 Å². The summed E-state index contributed by atoms with van der Waals surface area (Å²) in [7, 11) is 0. The third-order valence-electron chi connectivity index (χ3n) is 4.95. The summed E-state index contributed by atoms with van der Waals surface area (Å²) in [5.74, 6) is 0.777. The van der Waals surface area contributed by atoms with E-state index < -0.39 is 0 Å². The fourth-order valence-corrected chi connectivity index (χ4v) is 3.38. The maximum absolute atomic E-state index is 13.1. The van der Waals surface area contributed by atoms with Crippen LogP contribution in [0.1, 0.15) is 21.8 Å². The third-order valence-corrected chi connectivity index (χ3v) is 4.95. The zero-order valence-electron chi connectivity index (χ0n) is 17.4. The van der Waals surface area contributed by atoms with Crippen LogP contribution in [0, 0.1) is 6.92 Å². The molecule has 1 heterocycles. The first-order valence-corrected chi connectivity index (χ1v) is 10.1. The van der Waals surface area contributed by atoms with Gasteiger partial charge in [-0.25, -0.2) is 0 Å². The van der Waals surface area contributed by atoms with E-state index in [1.165, 1.54) is 0 Å². The van der Waals surface area contributed by atoms with E-state index in [1.54, 1.807) is 11.0 Å². The summed E-state index contributed by atoms with van der Waals surface area (Å²) in [4.78, 5) is 19.2. The highest BCUT2D eigenvalue weighted by atomic mass is 16.5. The minimum absolute atomic E-state index is 0.116. The van der Waals surface area contributed by atoms with Gasteiger partial charge in [0.1, 0.15) is 6.54 Å². The monoisotopic (exact) mass is 409 g/mol. The zero-order chi connectivity index (χ0) is 21.6. The Balaban J connectivity index is 1.51. The van der Waals surface area contributed by atoms with Gasteiger partial charge in [-0.1, -0.05) is 77.5 Å². The minimum Gasteiger partial charge on any atom is -0.337 e. The lowest BCUT2D eigenvalue weighted by Gasteiger charge is -2.19. The molecule has 4 aromatic rings. The first kappa shape index (κ1) is 20.3. The van der Waals surface area contributed by atoms with E-state index in [2.05, 4.69) is 16.7 Å². The lowest BCUT2D eigenvalue weighted by molar-refractivity contribution is 0.0745. The van der Waals surface area contributed by atoms with E-state index in [4.69, 9.17) is 4.52 Å². The molecule has 154 valence electrons. The third kappa shape index (κ3) is 4.78. The van der Waals surface area contributed by atoms with Crippen molar-refractivity contribution < 1.29 is 9.32 Å². The largest absolute Gasteiger partial charge is 0.337 e. The minimum atomic E-state index is -0.116. The van der Waals surface area contributed by atoms with Gasteiger partial charge < -0.3 is 9.42 Å². The molecule has 4 rings (SSSR count). The second-order valence-electron chi connectivity index (χ2n) is 7.30. The Kier molecular flexibility index (Phi) is 6.03. The van der Waals surface area contributed by atoms with Gasteiger partial charge in [0.15, 0.2) is 0 Å². The highest BCUT2D eigenvalue weighted by molar-refractivity contribution is 5.94. The van der Waals surface area contributed by atoms with Crippen LogP contribution in [0.25, 0.3) is 22.5 Å². The molecule has 0 aliphatic carbocycles. The Labute approximate surface area is 181 Å². The maximum atomic E-state index is 13.1. The summed E-state index contributed by atoms with van der Waals surface area (Å²) in [6.07, 6.45) is 1.69. The van der Waals surface area contributed by atoms with E-state index in [1.807, 2.05) is 85.8 Å². The number of aryl methyl sites for hydroxylation is 1. The fourth-order valence-electron chi connectivity index (χ4n) is 3.38. The number of carbonyl (C=O) groups excluding carboxylic acids is 1. The number of hydrogen-bond acceptors (Lipinski definition) is 4. The summed E-state index contributed by atoms with van der Waals surface area (Å²) < 4.78 is 5.41. The first-order chi connectivity index (χ1) is 15.1. The molecule has 0 bridgehead atoms. The van der Waals surface area contributed by atoms with Crippen molar-refractivity contribution in [3.05, 3.63) is 109 Å². The van der Waals surface area contributed by atoms with Crippen LogP contribution in [0.5, 0.6) is 0 Å². The molecule has 5 nitrogen and oxygen atoms in total. The summed E-state index contributed by atoms with van der Waals surface area (Å²) in [6, 6.07) is 25.5. The van der Waals surface area contributed by atoms with Gasteiger partial charge >= 0.3 is 0 Å². The highest BCUT2D eigenvalue weighted by Gasteiger charge is 2.19. The summed E-state index contributed by atoms with van der Waals surface area (Å²) in [6.45, 7) is 6.37. The molecular formula is C26H23N3O2. The number of benzene rings is 3. The van der Waals surface area contributed by atoms with Gasteiger partial charge in [0.2, 0.25) is 11.7 Å². The predicted molar refractivity (Wildman–Crippen MR) is 121 cm³/mol. The maximum Gasteiger partial charge on any atom is 0.254 e. The van der Waals surface area contributed by atoms with Crippen LogP contribution in [0.15, 0.2) is 96.0 Å². The molecule has 0 aliphatic rings. The summed E-state index contributed by atoms with van der Waals surface area (Å²) in [5, 5.41) is 4.07. The summed E-state index contributed by atoms with van der Waals surface area (Å²) in [5.41, 5.74) is 4.77. The Hall–Kier alpha value is -3.99. The second kappa shape index (κ2) is 9.22. The molecule has 0 saturated carbocycles. The van der Waals surface area contributed by atoms with E-state index in [0.29, 0.717) is 23.8 Å². The van der Waals surface area contributed by atoms with Crippen molar-refractivity contribution in [1.82, 2.24) is 15.0 Å². The van der Waals surface area contributed by atoms with Crippen molar-refractivity contribution in [1.29, 1.82) is 0 Å². The number of aromatic nitrogens is 2. The van der Waals surface area contributed by atoms with Crippen LogP contribution in [-0.4, -0.2) is 27.5 Å². The lowest BCUT2D eigenvalue weighted by Crippen LogP contribution is -2.30. The lowest BCUT2D eigenvalue weighted by atomic mass is 10.0. The first-order valence-electron chi connectivity index (χ1n) is 10.1. The van der Waals surface area contributed by atoms with Crippen molar-refractivity contribution in [3.8, 4) is 22.5 Å². The van der Waals surface area contributed by atoms with Crippen molar-refractivity contribution in [2.24, 2.45) is 0 Å². The zero-order valence-corrected chi connectivity index (χ0v) is 17.4. The van der Waals surface area contributed by atoms with Crippen molar-refractivity contribution >= 4 is 5.91 Å². The number of hydrogen-bond donors (Lipinski definition) is 0. The average Bonchev–Trinajstić information content (AvgIpc) is 3.28. The van der Waals surface area contributed by atoms with Crippen LogP contribution < -0.4 is 0 Å². The number of carbonyl (C=O) groups is 1. The topological polar surface area (TPSA) is 59.2 Å². The Morgan fingerprint density at radius 2 is 1.68 bits per heavy atom. The van der Waals surface area contributed by atoms with E-state index in [9.17, 15) is 4.79 Å². The standard InChI is InChI=1S/C26H23N3O2/c1-3-16-29(18-24-27-25(28-31-24)23-11-7-8-19(2)17-23)26(30)22-14-12-21(13-15-22)20-9-5-4-6-10-20/h3-15,17H,1,16,18H2,2H3. The molecule has 0 aliphatic heterocycles. The fraction of sp³-hybridized carbons (Fsp3) is 0.115. The number of nitrogens with zero attached hydrogens (tertiary/aromatic N) is 3. The molecule has 3 aromatic carbocycles. The van der Waals surface area contributed by atoms with Crippen molar-refractivity contribution in [3.63, 3.8) is 0 Å². The highest BCUT2D eigenvalue weighted by Crippen LogP contribution is 2.21. The van der Waals surface area contributed by atoms with Gasteiger partial charge in [-0.05, 0) is 36.2 Å². The van der Waals surface area contributed by atoms with Crippen LogP contribution in [0.4, 0.5) is 0 Å². The average molecular weight is 409 g/mol. The van der Waals surface area contributed by atoms with Crippen LogP contribution >= 0.6 is 0 Å². The molecule has 1 aromatic heterocycles. The van der Waals surface area contributed by atoms with Gasteiger partial charge in [-0.3, -0.25) is 4.79 Å². The van der Waals surface area contributed by atoms with Crippen LogP contribution in [0.2, 0.25) is 0 Å². The Bertz CT molecular complexity index is 1180. The van der Waals surface area contributed by atoms with Crippen molar-refractivity contribution in [2.45, 2.75) is 13.5 Å². The summed E-state index contributed by atoms with van der Waals surface area (Å²) >= 11 is 0. The normalized spacial score (nSPS) is 10.6. The van der Waals surface area contributed by atoms with Gasteiger partial charge in [0.25, 0.3) is 5.91 Å². The molecule has 31 heavy (non-hydrogen) atoms. The van der Waals surface area contributed by atoms with E-state index in [0.717, 1.165) is 22.3 Å². The van der Waals surface area contributed by atoms with E-state index >= 15 is 0 Å². The van der Waals surface area contributed by atoms with Gasteiger partial charge in [-0.2, -0.15) is 4.98 Å². The molecule has 0 N–H and O–H groups in total. The Morgan fingerprint density at radius 3 is 2.39 bits per heavy atom. The number of rotatable bonds is 7. The van der Waals surface area contributed by atoms with Crippen LogP contribution in [-0.2, 0) is 6.54 Å². The molecule has 5 heteroatoms. The molecule has 1 amide bonds. The second-order valence-corrected chi connectivity index (χ2v) is 7.30. The molecule has 0 saturated heterocycles. The molecule has 0 spiro atoms. The quantitative estimate of drug-likeness (QED) is 0.376. The van der Waals surface area contributed by atoms with Gasteiger partial charge in [0, 0.05) is 17.7 Å². The molecule has 0 atom stereocenters.